The molecule has 0 saturated heterocycles. The van der Waals surface area contributed by atoms with E-state index in [2.05, 4.69) is 11.6 Å². The van der Waals surface area contributed by atoms with Crippen LogP contribution in [0.5, 0.6) is 0 Å². The topological polar surface area (TPSA) is 38.9 Å². The number of rotatable bonds is 2. The molecule has 0 bridgehead atoms. The van der Waals surface area contributed by atoms with Crippen molar-refractivity contribution in [1.29, 1.82) is 0 Å². The molecule has 0 atom stereocenters. The molecule has 16 heavy (non-hydrogen) atoms. The highest BCUT2D eigenvalue weighted by atomic mass is 14.8. The molecule has 0 amide bonds. The molecular formula is C14H24N2. The van der Waals surface area contributed by atoms with Crippen LogP contribution >= 0.6 is 0 Å². The van der Waals surface area contributed by atoms with Crippen molar-refractivity contribution < 1.29 is 0 Å². The summed E-state index contributed by atoms with van der Waals surface area (Å²) in [7, 11) is 0. The highest BCUT2D eigenvalue weighted by molar-refractivity contribution is 5.62. The molecule has 2 heteroatoms. The number of aromatic nitrogens is 1. The molecular weight excluding hydrogens is 196 g/mol. The zero-order valence-corrected chi connectivity index (χ0v) is 11.1. The van der Waals surface area contributed by atoms with Gasteiger partial charge in [0.2, 0.25) is 0 Å². The number of allylic oxidation sites excluding steroid dienone is 1. The number of nitrogens with two attached hydrogens (primary N) is 1. The molecule has 1 rings (SSSR count). The minimum atomic E-state index is 0.526. The Morgan fingerprint density at radius 1 is 1.19 bits per heavy atom. The van der Waals surface area contributed by atoms with Gasteiger partial charge in [-0.1, -0.05) is 46.4 Å². The first-order valence-electron chi connectivity index (χ1n) is 5.79. The quantitative estimate of drug-likeness (QED) is 0.802. The molecule has 1 aromatic rings. The summed E-state index contributed by atoms with van der Waals surface area (Å²) < 4.78 is 0. The van der Waals surface area contributed by atoms with Gasteiger partial charge in [-0.3, -0.25) is 0 Å². The van der Waals surface area contributed by atoms with E-state index in [4.69, 9.17) is 5.73 Å². The Morgan fingerprint density at radius 2 is 1.75 bits per heavy atom. The van der Waals surface area contributed by atoms with E-state index in [1.165, 1.54) is 0 Å². The van der Waals surface area contributed by atoms with Crippen molar-refractivity contribution in [2.45, 2.75) is 34.6 Å². The van der Waals surface area contributed by atoms with Gasteiger partial charge in [-0.05, 0) is 30.7 Å². The number of anilines is 1. The van der Waals surface area contributed by atoms with Crippen LogP contribution < -0.4 is 5.73 Å². The van der Waals surface area contributed by atoms with Gasteiger partial charge in [0.1, 0.15) is 5.82 Å². The van der Waals surface area contributed by atoms with E-state index in [0.29, 0.717) is 5.82 Å². The summed E-state index contributed by atoms with van der Waals surface area (Å²) in [5.41, 5.74) is 7.39. The lowest BCUT2D eigenvalue weighted by Gasteiger charge is -2.00. The van der Waals surface area contributed by atoms with Crippen molar-refractivity contribution in [3.05, 3.63) is 36.0 Å². The fourth-order valence-electron chi connectivity index (χ4n) is 0.985. The van der Waals surface area contributed by atoms with E-state index in [-0.39, 0.29) is 0 Å². The molecule has 0 aromatic carbocycles. The highest BCUT2D eigenvalue weighted by Crippen LogP contribution is 2.11. The SMILES string of the molecule is C=Cc1nc(N)ccc1/C=C\C.CC.CC. The Kier molecular flexibility index (Phi) is 12.1. The Labute approximate surface area is 99.9 Å². The molecule has 0 aliphatic carbocycles. The van der Waals surface area contributed by atoms with Crippen molar-refractivity contribution in [2.75, 3.05) is 5.73 Å². The molecule has 0 unspecified atom stereocenters. The van der Waals surface area contributed by atoms with Crippen molar-refractivity contribution in [1.82, 2.24) is 4.98 Å². The summed E-state index contributed by atoms with van der Waals surface area (Å²) in [6.07, 6.45) is 5.63. The molecule has 0 aliphatic rings. The first kappa shape index (κ1) is 16.8. The van der Waals surface area contributed by atoms with Crippen LogP contribution in [-0.2, 0) is 0 Å². The van der Waals surface area contributed by atoms with E-state index < -0.39 is 0 Å². The summed E-state index contributed by atoms with van der Waals surface area (Å²) in [5, 5.41) is 0. The number of hydrogen-bond donors (Lipinski definition) is 1. The average Bonchev–Trinajstić information content (AvgIpc) is 2.36. The predicted molar refractivity (Wildman–Crippen MR) is 76.1 cm³/mol. The van der Waals surface area contributed by atoms with E-state index in [9.17, 15) is 0 Å². The molecule has 0 radical (unpaired) electrons. The van der Waals surface area contributed by atoms with E-state index in [0.717, 1.165) is 11.3 Å². The Balaban J connectivity index is 0. The van der Waals surface area contributed by atoms with E-state index in [1.54, 1.807) is 12.1 Å². The van der Waals surface area contributed by atoms with Crippen LogP contribution in [-0.4, -0.2) is 4.98 Å². The lowest BCUT2D eigenvalue weighted by molar-refractivity contribution is 1.29. The minimum Gasteiger partial charge on any atom is -0.384 e. The molecule has 2 N–H and O–H groups in total. The fraction of sp³-hybridized carbons (Fsp3) is 0.357. The van der Waals surface area contributed by atoms with Gasteiger partial charge < -0.3 is 5.73 Å². The van der Waals surface area contributed by atoms with Crippen molar-refractivity contribution in [3.63, 3.8) is 0 Å². The second-order valence-corrected chi connectivity index (χ2v) is 2.41. The predicted octanol–water partition coefficient (Wildman–Crippen LogP) is 4.39. The number of pyridine rings is 1. The van der Waals surface area contributed by atoms with Gasteiger partial charge in [0.25, 0.3) is 0 Å². The standard InChI is InChI=1S/C10H12N2.2C2H6/c1-3-5-8-6-7-10(11)12-9(8)4-2;2*1-2/h3-7H,2H2,1H3,(H2,11,12);2*1-2H3/b5-3-;;. The van der Waals surface area contributed by atoms with Gasteiger partial charge in [-0.15, -0.1) is 0 Å². The lowest BCUT2D eigenvalue weighted by Crippen LogP contribution is -1.93. The lowest BCUT2D eigenvalue weighted by atomic mass is 10.2. The van der Waals surface area contributed by atoms with Gasteiger partial charge in [0, 0.05) is 0 Å². The largest absolute Gasteiger partial charge is 0.384 e. The fourth-order valence-corrected chi connectivity index (χ4v) is 0.985. The smallest absolute Gasteiger partial charge is 0.124 e. The molecule has 0 fully saturated rings. The van der Waals surface area contributed by atoms with Crippen LogP contribution in [0.2, 0.25) is 0 Å². The van der Waals surface area contributed by atoms with E-state index in [1.807, 2.05) is 52.8 Å². The highest BCUT2D eigenvalue weighted by Gasteiger charge is 1.96. The summed E-state index contributed by atoms with van der Waals surface area (Å²) in [5.74, 6) is 0.526. The van der Waals surface area contributed by atoms with Crippen LogP contribution in [0.25, 0.3) is 12.2 Å². The molecule has 1 aromatic heterocycles. The number of nitrogen functional groups attached to an aromatic ring is 1. The van der Waals surface area contributed by atoms with Crippen molar-refractivity contribution in [3.8, 4) is 0 Å². The van der Waals surface area contributed by atoms with Gasteiger partial charge >= 0.3 is 0 Å². The monoisotopic (exact) mass is 220 g/mol. The normalized spacial score (nSPS) is 8.56. The van der Waals surface area contributed by atoms with Crippen molar-refractivity contribution >= 4 is 18.0 Å². The summed E-state index contributed by atoms with van der Waals surface area (Å²) in [6.45, 7) is 13.6. The maximum atomic E-state index is 5.52. The summed E-state index contributed by atoms with van der Waals surface area (Å²) >= 11 is 0. The van der Waals surface area contributed by atoms with Gasteiger partial charge in [0.05, 0.1) is 5.69 Å². The van der Waals surface area contributed by atoms with Crippen LogP contribution in [0, 0.1) is 0 Å². The molecule has 90 valence electrons. The van der Waals surface area contributed by atoms with Crippen LogP contribution in [0.3, 0.4) is 0 Å². The molecule has 0 aliphatic heterocycles. The third kappa shape index (κ3) is 6.02. The first-order chi connectivity index (χ1) is 7.77. The maximum absolute atomic E-state index is 5.52. The van der Waals surface area contributed by atoms with Gasteiger partial charge in [0.15, 0.2) is 0 Å². The zero-order valence-electron chi connectivity index (χ0n) is 11.1. The summed E-state index contributed by atoms with van der Waals surface area (Å²) in [6, 6.07) is 3.71. The number of hydrogen-bond acceptors (Lipinski definition) is 2. The third-order valence-corrected chi connectivity index (χ3v) is 1.52. The van der Waals surface area contributed by atoms with Crippen LogP contribution in [0.4, 0.5) is 5.82 Å². The Bertz CT molecular complexity index is 315. The van der Waals surface area contributed by atoms with Crippen LogP contribution in [0.15, 0.2) is 24.8 Å². The van der Waals surface area contributed by atoms with Gasteiger partial charge in [-0.2, -0.15) is 0 Å². The average molecular weight is 220 g/mol. The third-order valence-electron chi connectivity index (χ3n) is 1.52. The molecule has 1 heterocycles. The molecule has 0 spiro atoms. The number of nitrogens with zero attached hydrogens (tertiary/aromatic N) is 1. The van der Waals surface area contributed by atoms with Crippen LogP contribution in [0.1, 0.15) is 45.9 Å². The summed E-state index contributed by atoms with van der Waals surface area (Å²) in [4.78, 5) is 4.12. The van der Waals surface area contributed by atoms with Crippen molar-refractivity contribution in [2.24, 2.45) is 0 Å². The zero-order chi connectivity index (χ0) is 13.0. The van der Waals surface area contributed by atoms with E-state index >= 15 is 0 Å². The maximum Gasteiger partial charge on any atom is 0.124 e. The second kappa shape index (κ2) is 11.5. The molecule has 0 saturated carbocycles. The first-order valence-corrected chi connectivity index (χ1v) is 5.79. The Hall–Kier alpha value is -1.57. The molecule has 2 nitrogen and oxygen atoms in total. The minimum absolute atomic E-state index is 0.526. The second-order valence-electron chi connectivity index (χ2n) is 2.41. The van der Waals surface area contributed by atoms with Gasteiger partial charge in [-0.25, -0.2) is 4.98 Å². The Morgan fingerprint density at radius 3 is 2.19 bits per heavy atom.